The molecule has 2 atom stereocenters. The lowest BCUT2D eigenvalue weighted by Gasteiger charge is -2.27. The molecule has 1 aromatic heterocycles. The Labute approximate surface area is 129 Å². The second-order valence-electron chi connectivity index (χ2n) is 7.34. The van der Waals surface area contributed by atoms with E-state index >= 15 is 0 Å². The third kappa shape index (κ3) is 7.39. The molecule has 20 heavy (non-hydrogen) atoms. The van der Waals surface area contributed by atoms with Gasteiger partial charge in [0.25, 0.3) is 0 Å². The standard InChI is InChI=1S/C17H32N2S/c1-7-8-18-15(9-13(2)11-17(4,5)6)10-16-19-14(3)12-20-16/h12-13,15,18H,7-11H2,1-6H3. The number of rotatable bonds is 8. The van der Waals surface area contributed by atoms with Gasteiger partial charge in [0.05, 0.1) is 5.01 Å². The first-order valence-corrected chi connectivity index (χ1v) is 8.82. The van der Waals surface area contributed by atoms with Crippen LogP contribution in [0.25, 0.3) is 0 Å². The van der Waals surface area contributed by atoms with Crippen molar-refractivity contribution >= 4 is 11.3 Å². The van der Waals surface area contributed by atoms with E-state index in [-0.39, 0.29) is 0 Å². The normalized spacial score (nSPS) is 15.3. The van der Waals surface area contributed by atoms with Crippen LogP contribution in [-0.2, 0) is 6.42 Å². The van der Waals surface area contributed by atoms with Gasteiger partial charge < -0.3 is 5.32 Å². The highest BCUT2D eigenvalue weighted by molar-refractivity contribution is 7.09. The van der Waals surface area contributed by atoms with E-state index in [2.05, 4.69) is 57.2 Å². The van der Waals surface area contributed by atoms with Crippen molar-refractivity contribution in [2.75, 3.05) is 6.54 Å². The number of aryl methyl sites for hydroxylation is 1. The zero-order chi connectivity index (χ0) is 15.2. The molecular weight excluding hydrogens is 264 g/mol. The summed E-state index contributed by atoms with van der Waals surface area (Å²) in [7, 11) is 0. The van der Waals surface area contributed by atoms with Gasteiger partial charge in [0.1, 0.15) is 0 Å². The lowest BCUT2D eigenvalue weighted by atomic mass is 9.82. The monoisotopic (exact) mass is 296 g/mol. The molecule has 0 saturated carbocycles. The number of nitrogens with one attached hydrogen (secondary N) is 1. The quantitative estimate of drug-likeness (QED) is 0.743. The van der Waals surface area contributed by atoms with E-state index in [1.165, 1.54) is 24.3 Å². The Hall–Kier alpha value is -0.410. The summed E-state index contributed by atoms with van der Waals surface area (Å²) < 4.78 is 0. The Morgan fingerprint density at radius 1 is 1.35 bits per heavy atom. The van der Waals surface area contributed by atoms with Crippen molar-refractivity contribution in [3.05, 3.63) is 16.1 Å². The van der Waals surface area contributed by atoms with Crippen molar-refractivity contribution in [1.29, 1.82) is 0 Å². The minimum atomic E-state index is 0.423. The smallest absolute Gasteiger partial charge is 0.0943 e. The van der Waals surface area contributed by atoms with Crippen LogP contribution in [-0.4, -0.2) is 17.6 Å². The van der Waals surface area contributed by atoms with Crippen molar-refractivity contribution in [3.63, 3.8) is 0 Å². The van der Waals surface area contributed by atoms with E-state index < -0.39 is 0 Å². The molecule has 1 aromatic rings. The Kier molecular flexibility index (Phi) is 7.18. The molecule has 0 bridgehead atoms. The van der Waals surface area contributed by atoms with Crippen LogP contribution in [0.2, 0.25) is 0 Å². The molecule has 0 aliphatic rings. The van der Waals surface area contributed by atoms with Crippen LogP contribution in [0.3, 0.4) is 0 Å². The van der Waals surface area contributed by atoms with Gasteiger partial charge in [0, 0.05) is 23.5 Å². The number of thiazole rings is 1. The maximum atomic E-state index is 4.62. The summed E-state index contributed by atoms with van der Waals surface area (Å²) in [5, 5.41) is 7.14. The summed E-state index contributed by atoms with van der Waals surface area (Å²) in [5.74, 6) is 0.755. The molecule has 1 rings (SSSR count). The Morgan fingerprint density at radius 3 is 2.55 bits per heavy atom. The van der Waals surface area contributed by atoms with E-state index in [1.807, 2.05) is 0 Å². The molecule has 2 unspecified atom stereocenters. The van der Waals surface area contributed by atoms with Crippen LogP contribution in [0.5, 0.6) is 0 Å². The highest BCUT2D eigenvalue weighted by Gasteiger charge is 2.19. The molecule has 0 aliphatic carbocycles. The summed E-state index contributed by atoms with van der Waals surface area (Å²) in [5.41, 5.74) is 1.58. The average molecular weight is 297 g/mol. The molecule has 0 aliphatic heterocycles. The summed E-state index contributed by atoms with van der Waals surface area (Å²) in [4.78, 5) is 4.62. The Bertz CT molecular complexity index is 379. The fourth-order valence-electron chi connectivity index (χ4n) is 2.91. The first-order chi connectivity index (χ1) is 9.30. The maximum Gasteiger partial charge on any atom is 0.0943 e. The topological polar surface area (TPSA) is 24.9 Å². The highest BCUT2D eigenvalue weighted by atomic mass is 32.1. The molecule has 116 valence electrons. The highest BCUT2D eigenvalue weighted by Crippen LogP contribution is 2.27. The Morgan fingerprint density at radius 2 is 2.05 bits per heavy atom. The second kappa shape index (κ2) is 8.14. The molecule has 0 amide bonds. The molecule has 3 heteroatoms. The summed E-state index contributed by atoms with van der Waals surface area (Å²) in [6.45, 7) is 14.8. The predicted octanol–water partition coefficient (Wildman–Crippen LogP) is 4.82. The molecule has 0 spiro atoms. The molecule has 1 N–H and O–H groups in total. The first-order valence-electron chi connectivity index (χ1n) is 7.94. The minimum Gasteiger partial charge on any atom is -0.314 e. The third-order valence-corrected chi connectivity index (χ3v) is 4.41. The van der Waals surface area contributed by atoms with E-state index in [4.69, 9.17) is 0 Å². The van der Waals surface area contributed by atoms with Crippen molar-refractivity contribution in [2.24, 2.45) is 11.3 Å². The Balaban J connectivity index is 2.54. The van der Waals surface area contributed by atoms with Crippen LogP contribution in [0.15, 0.2) is 5.38 Å². The molecule has 0 radical (unpaired) electrons. The summed E-state index contributed by atoms with van der Waals surface area (Å²) >= 11 is 1.80. The minimum absolute atomic E-state index is 0.423. The lowest BCUT2D eigenvalue weighted by Crippen LogP contribution is -2.34. The van der Waals surface area contributed by atoms with Crippen molar-refractivity contribution < 1.29 is 0 Å². The molecule has 0 fully saturated rings. The van der Waals surface area contributed by atoms with Gasteiger partial charge in [-0.15, -0.1) is 11.3 Å². The third-order valence-electron chi connectivity index (χ3n) is 3.42. The van der Waals surface area contributed by atoms with Gasteiger partial charge in [-0.1, -0.05) is 34.6 Å². The number of aromatic nitrogens is 1. The number of hydrogen-bond donors (Lipinski definition) is 1. The molecular formula is C17H32N2S. The second-order valence-corrected chi connectivity index (χ2v) is 8.29. The zero-order valence-electron chi connectivity index (χ0n) is 14.1. The van der Waals surface area contributed by atoms with E-state index in [1.54, 1.807) is 11.3 Å². The van der Waals surface area contributed by atoms with Crippen LogP contribution in [0.4, 0.5) is 0 Å². The van der Waals surface area contributed by atoms with Crippen molar-refractivity contribution in [3.8, 4) is 0 Å². The van der Waals surface area contributed by atoms with Crippen molar-refractivity contribution in [1.82, 2.24) is 10.3 Å². The summed E-state index contributed by atoms with van der Waals surface area (Å²) in [6, 6.07) is 0.567. The van der Waals surface area contributed by atoms with Crippen LogP contribution in [0.1, 0.15) is 64.6 Å². The van der Waals surface area contributed by atoms with Crippen LogP contribution in [0, 0.1) is 18.3 Å². The average Bonchev–Trinajstić information content (AvgIpc) is 2.69. The van der Waals surface area contributed by atoms with Gasteiger partial charge in [-0.2, -0.15) is 0 Å². The van der Waals surface area contributed by atoms with Gasteiger partial charge in [-0.25, -0.2) is 4.98 Å². The molecule has 0 aromatic carbocycles. The van der Waals surface area contributed by atoms with E-state index in [9.17, 15) is 0 Å². The van der Waals surface area contributed by atoms with Crippen LogP contribution >= 0.6 is 11.3 Å². The number of nitrogens with zero attached hydrogens (tertiary/aromatic N) is 1. The van der Waals surface area contributed by atoms with Gasteiger partial charge in [-0.05, 0) is 44.1 Å². The van der Waals surface area contributed by atoms with Gasteiger partial charge in [0.2, 0.25) is 0 Å². The largest absolute Gasteiger partial charge is 0.314 e. The summed E-state index contributed by atoms with van der Waals surface area (Å²) in [6.07, 6.45) is 4.80. The van der Waals surface area contributed by atoms with Gasteiger partial charge in [0.15, 0.2) is 0 Å². The zero-order valence-corrected chi connectivity index (χ0v) is 14.9. The fourth-order valence-corrected chi connectivity index (χ4v) is 3.76. The fraction of sp³-hybridized carbons (Fsp3) is 0.824. The lowest BCUT2D eigenvalue weighted by molar-refractivity contribution is 0.274. The van der Waals surface area contributed by atoms with E-state index in [0.29, 0.717) is 11.5 Å². The van der Waals surface area contributed by atoms with Gasteiger partial charge in [-0.3, -0.25) is 0 Å². The number of hydrogen-bond acceptors (Lipinski definition) is 3. The molecule has 0 saturated heterocycles. The molecule has 1 heterocycles. The first kappa shape index (κ1) is 17.6. The maximum absolute atomic E-state index is 4.62. The van der Waals surface area contributed by atoms with Crippen molar-refractivity contribution in [2.45, 2.75) is 73.3 Å². The molecule has 2 nitrogen and oxygen atoms in total. The predicted molar refractivity (Wildman–Crippen MR) is 90.5 cm³/mol. The SMILES string of the molecule is CCCNC(Cc1nc(C)cs1)CC(C)CC(C)(C)C. The van der Waals surface area contributed by atoms with Crippen LogP contribution < -0.4 is 5.32 Å². The van der Waals surface area contributed by atoms with E-state index in [0.717, 1.165) is 24.6 Å². The van der Waals surface area contributed by atoms with Gasteiger partial charge >= 0.3 is 0 Å².